The standard InChI is InChI=1S/C11H18N2O4S/c1-3-8-10(15)12-6-9(14)13(8)11(2)4-5-18(16,17)7-11/h8H,3-7H2,1-2H3,(H,12,15). The van der Waals surface area contributed by atoms with Crippen molar-refractivity contribution in [3.63, 3.8) is 0 Å². The highest BCUT2D eigenvalue weighted by molar-refractivity contribution is 7.91. The maximum atomic E-state index is 12.0. The van der Waals surface area contributed by atoms with Crippen LogP contribution in [0.4, 0.5) is 0 Å². The Labute approximate surface area is 107 Å². The van der Waals surface area contributed by atoms with Gasteiger partial charge in [-0.3, -0.25) is 9.59 Å². The summed E-state index contributed by atoms with van der Waals surface area (Å²) in [7, 11) is -3.10. The fourth-order valence-corrected chi connectivity index (χ4v) is 5.01. The Morgan fingerprint density at radius 2 is 2.11 bits per heavy atom. The molecule has 0 aromatic rings. The van der Waals surface area contributed by atoms with E-state index < -0.39 is 21.4 Å². The molecule has 2 aliphatic rings. The second-order valence-electron chi connectivity index (χ2n) is 5.24. The predicted molar refractivity (Wildman–Crippen MR) is 65.6 cm³/mol. The van der Waals surface area contributed by atoms with Crippen molar-refractivity contribution in [2.24, 2.45) is 0 Å². The second kappa shape index (κ2) is 4.22. The molecule has 102 valence electrons. The lowest BCUT2D eigenvalue weighted by atomic mass is 9.94. The van der Waals surface area contributed by atoms with E-state index >= 15 is 0 Å². The number of hydrogen-bond acceptors (Lipinski definition) is 4. The zero-order valence-corrected chi connectivity index (χ0v) is 11.4. The number of rotatable bonds is 2. The summed E-state index contributed by atoms with van der Waals surface area (Å²) >= 11 is 0. The van der Waals surface area contributed by atoms with Gasteiger partial charge in [-0.05, 0) is 19.8 Å². The van der Waals surface area contributed by atoms with Crippen LogP contribution in [0.3, 0.4) is 0 Å². The number of nitrogens with zero attached hydrogens (tertiary/aromatic N) is 1. The highest BCUT2D eigenvalue weighted by atomic mass is 32.2. The third-order valence-electron chi connectivity index (χ3n) is 3.75. The van der Waals surface area contributed by atoms with Crippen molar-refractivity contribution in [3.8, 4) is 0 Å². The first kappa shape index (κ1) is 13.3. The van der Waals surface area contributed by atoms with Crippen LogP contribution in [0.2, 0.25) is 0 Å². The van der Waals surface area contributed by atoms with Crippen LogP contribution in [-0.4, -0.2) is 54.8 Å². The summed E-state index contributed by atoms with van der Waals surface area (Å²) in [4.78, 5) is 25.3. The van der Waals surface area contributed by atoms with Gasteiger partial charge in [0, 0.05) is 0 Å². The van der Waals surface area contributed by atoms with E-state index in [9.17, 15) is 18.0 Å². The molecule has 0 radical (unpaired) electrons. The number of sulfone groups is 1. The molecule has 2 amide bonds. The smallest absolute Gasteiger partial charge is 0.243 e. The van der Waals surface area contributed by atoms with Gasteiger partial charge in [-0.2, -0.15) is 0 Å². The fourth-order valence-electron chi connectivity index (χ4n) is 2.89. The quantitative estimate of drug-likeness (QED) is 0.722. The van der Waals surface area contributed by atoms with Crippen molar-refractivity contribution in [3.05, 3.63) is 0 Å². The molecule has 0 aromatic carbocycles. The van der Waals surface area contributed by atoms with E-state index in [1.807, 2.05) is 6.92 Å². The zero-order valence-electron chi connectivity index (χ0n) is 10.6. The molecule has 2 rings (SSSR count). The summed E-state index contributed by atoms with van der Waals surface area (Å²) in [6.07, 6.45) is 0.901. The summed E-state index contributed by atoms with van der Waals surface area (Å²) in [5.41, 5.74) is -0.742. The lowest BCUT2D eigenvalue weighted by molar-refractivity contribution is -0.151. The number of piperazine rings is 1. The van der Waals surface area contributed by atoms with Gasteiger partial charge in [0.2, 0.25) is 11.8 Å². The van der Waals surface area contributed by atoms with Crippen molar-refractivity contribution < 1.29 is 18.0 Å². The van der Waals surface area contributed by atoms with E-state index in [2.05, 4.69) is 5.32 Å². The van der Waals surface area contributed by atoms with E-state index in [1.54, 1.807) is 6.92 Å². The highest BCUT2D eigenvalue weighted by Crippen LogP contribution is 2.32. The van der Waals surface area contributed by atoms with E-state index in [-0.39, 0.29) is 29.9 Å². The van der Waals surface area contributed by atoms with Crippen molar-refractivity contribution in [1.29, 1.82) is 0 Å². The fraction of sp³-hybridized carbons (Fsp3) is 0.818. The van der Waals surface area contributed by atoms with Crippen molar-refractivity contribution >= 4 is 21.7 Å². The van der Waals surface area contributed by atoms with Crippen molar-refractivity contribution in [1.82, 2.24) is 10.2 Å². The second-order valence-corrected chi connectivity index (χ2v) is 7.43. The molecular weight excluding hydrogens is 256 g/mol. The topological polar surface area (TPSA) is 83.6 Å². The van der Waals surface area contributed by atoms with Crippen LogP contribution in [0, 0.1) is 0 Å². The van der Waals surface area contributed by atoms with Gasteiger partial charge >= 0.3 is 0 Å². The molecule has 6 nitrogen and oxygen atoms in total. The molecule has 2 fully saturated rings. The van der Waals surface area contributed by atoms with Crippen LogP contribution in [0.5, 0.6) is 0 Å². The van der Waals surface area contributed by atoms with Gasteiger partial charge in [0.05, 0.1) is 23.6 Å². The molecule has 2 atom stereocenters. The van der Waals surface area contributed by atoms with Gasteiger partial charge in [0.25, 0.3) is 0 Å². The first-order valence-corrected chi connectivity index (χ1v) is 7.91. The van der Waals surface area contributed by atoms with E-state index in [0.717, 1.165) is 0 Å². The molecule has 0 aromatic heterocycles. The SMILES string of the molecule is CCC1C(=O)NCC(=O)N1C1(C)CCS(=O)(=O)C1. The van der Waals surface area contributed by atoms with Crippen LogP contribution >= 0.6 is 0 Å². The molecule has 0 bridgehead atoms. The monoisotopic (exact) mass is 274 g/mol. The van der Waals surface area contributed by atoms with Gasteiger partial charge in [0.1, 0.15) is 6.04 Å². The van der Waals surface area contributed by atoms with Gasteiger partial charge in [0.15, 0.2) is 9.84 Å². The van der Waals surface area contributed by atoms with Crippen LogP contribution in [0.25, 0.3) is 0 Å². The minimum Gasteiger partial charge on any atom is -0.345 e. The van der Waals surface area contributed by atoms with E-state index in [4.69, 9.17) is 0 Å². The molecule has 18 heavy (non-hydrogen) atoms. The molecule has 7 heteroatoms. The van der Waals surface area contributed by atoms with E-state index in [1.165, 1.54) is 4.90 Å². The molecule has 0 aliphatic carbocycles. The molecule has 2 heterocycles. The third kappa shape index (κ3) is 2.11. The molecule has 0 spiro atoms. The largest absolute Gasteiger partial charge is 0.345 e. The van der Waals surface area contributed by atoms with Gasteiger partial charge in [-0.15, -0.1) is 0 Å². The van der Waals surface area contributed by atoms with Crippen molar-refractivity contribution in [2.75, 3.05) is 18.1 Å². The Morgan fingerprint density at radius 3 is 2.61 bits per heavy atom. The Balaban J connectivity index is 2.34. The van der Waals surface area contributed by atoms with Crippen LogP contribution in [-0.2, 0) is 19.4 Å². The number of nitrogens with one attached hydrogen (secondary N) is 1. The average molecular weight is 274 g/mol. The van der Waals surface area contributed by atoms with Gasteiger partial charge in [-0.25, -0.2) is 8.42 Å². The third-order valence-corrected chi connectivity index (χ3v) is 5.64. The molecule has 1 N–H and O–H groups in total. The molecule has 0 saturated carbocycles. The van der Waals surface area contributed by atoms with Gasteiger partial charge in [-0.1, -0.05) is 6.92 Å². The lowest BCUT2D eigenvalue weighted by Crippen LogP contribution is -2.65. The van der Waals surface area contributed by atoms with Crippen LogP contribution in [0.15, 0.2) is 0 Å². The number of carbonyl (C=O) groups excluding carboxylic acids is 2. The minimum atomic E-state index is -3.10. The Hall–Kier alpha value is -1.11. The lowest BCUT2D eigenvalue weighted by Gasteiger charge is -2.44. The van der Waals surface area contributed by atoms with E-state index in [0.29, 0.717) is 12.8 Å². The maximum Gasteiger partial charge on any atom is 0.243 e. The molecule has 2 unspecified atom stereocenters. The molecular formula is C11H18N2O4S. The minimum absolute atomic E-state index is 0.0367. The summed E-state index contributed by atoms with van der Waals surface area (Å²) in [6, 6.07) is -0.551. The predicted octanol–water partition coefficient (Wildman–Crippen LogP) is -0.699. The average Bonchev–Trinajstić information content (AvgIpc) is 2.56. The number of amides is 2. The maximum absolute atomic E-state index is 12.0. The summed E-state index contributed by atoms with van der Waals surface area (Å²) in [5.74, 6) is -0.343. The molecule has 2 aliphatic heterocycles. The van der Waals surface area contributed by atoms with Gasteiger partial charge < -0.3 is 10.2 Å². The number of hydrogen-bond donors (Lipinski definition) is 1. The number of carbonyl (C=O) groups is 2. The summed E-state index contributed by atoms with van der Waals surface area (Å²) < 4.78 is 23.3. The normalized spacial score (nSPS) is 35.7. The Morgan fingerprint density at radius 1 is 1.44 bits per heavy atom. The summed E-state index contributed by atoms with van der Waals surface area (Å²) in [5, 5.41) is 2.54. The Bertz CT molecular complexity index is 487. The first-order valence-electron chi connectivity index (χ1n) is 6.09. The first-order chi connectivity index (χ1) is 8.29. The highest BCUT2D eigenvalue weighted by Gasteiger charge is 2.49. The van der Waals surface area contributed by atoms with Crippen molar-refractivity contribution in [2.45, 2.75) is 38.3 Å². The zero-order chi connectivity index (χ0) is 13.6. The summed E-state index contributed by atoms with van der Waals surface area (Å²) in [6.45, 7) is 3.55. The molecule has 2 saturated heterocycles. The van der Waals surface area contributed by atoms with Crippen LogP contribution < -0.4 is 5.32 Å². The van der Waals surface area contributed by atoms with Crippen LogP contribution in [0.1, 0.15) is 26.7 Å². The Kier molecular flexibility index (Phi) is 3.12.